The van der Waals surface area contributed by atoms with Crippen LogP contribution in [0.3, 0.4) is 0 Å². The van der Waals surface area contributed by atoms with Crippen LogP contribution in [0.15, 0.2) is 42.5 Å². The van der Waals surface area contributed by atoms with Gasteiger partial charge in [0, 0.05) is 17.8 Å². The average Bonchev–Trinajstić information content (AvgIpc) is 3.15. The van der Waals surface area contributed by atoms with E-state index in [2.05, 4.69) is 20.6 Å². The van der Waals surface area contributed by atoms with E-state index in [-0.39, 0.29) is 18.4 Å². The molecular formula is C21H20N4O4. The van der Waals surface area contributed by atoms with Crippen LogP contribution in [0.5, 0.6) is 17.2 Å². The van der Waals surface area contributed by atoms with Crippen molar-refractivity contribution < 1.29 is 19.0 Å². The Morgan fingerprint density at radius 3 is 2.69 bits per heavy atom. The number of rotatable bonds is 5. The summed E-state index contributed by atoms with van der Waals surface area (Å²) in [6, 6.07) is 12.6. The number of anilines is 3. The molecule has 0 radical (unpaired) electrons. The van der Waals surface area contributed by atoms with E-state index >= 15 is 0 Å². The number of benzene rings is 2. The first-order valence-corrected chi connectivity index (χ1v) is 9.00. The molecule has 148 valence electrons. The molecule has 1 aromatic heterocycles. The molecule has 4 rings (SSSR count). The van der Waals surface area contributed by atoms with Gasteiger partial charge in [-0.15, -0.1) is 0 Å². The van der Waals surface area contributed by atoms with Gasteiger partial charge in [-0.25, -0.2) is 9.97 Å². The molecule has 2 aromatic carbocycles. The van der Waals surface area contributed by atoms with Crippen molar-refractivity contribution in [3.63, 3.8) is 0 Å². The quantitative estimate of drug-likeness (QED) is 0.681. The number of ether oxygens (including phenoxy) is 3. The fourth-order valence-corrected chi connectivity index (χ4v) is 2.97. The van der Waals surface area contributed by atoms with Gasteiger partial charge in [0.15, 0.2) is 11.5 Å². The summed E-state index contributed by atoms with van der Waals surface area (Å²) in [5.74, 6) is 2.54. The molecule has 2 heterocycles. The Bertz CT molecular complexity index is 1080. The molecule has 0 atom stereocenters. The van der Waals surface area contributed by atoms with Crippen LogP contribution in [0, 0.1) is 13.8 Å². The van der Waals surface area contributed by atoms with Gasteiger partial charge in [-0.1, -0.05) is 6.07 Å². The lowest BCUT2D eigenvalue weighted by Gasteiger charge is -2.13. The number of hydrogen-bond donors (Lipinski definition) is 2. The molecule has 0 fully saturated rings. The Kier molecular flexibility index (Phi) is 4.90. The van der Waals surface area contributed by atoms with Crippen LogP contribution in [0.2, 0.25) is 0 Å². The highest BCUT2D eigenvalue weighted by molar-refractivity contribution is 6.03. The number of nitrogens with zero attached hydrogens (tertiary/aromatic N) is 2. The second-order valence-electron chi connectivity index (χ2n) is 6.54. The summed E-state index contributed by atoms with van der Waals surface area (Å²) in [6.07, 6.45) is 0. The highest BCUT2D eigenvalue weighted by Gasteiger charge is 2.16. The number of carbonyl (C=O) groups is 1. The zero-order valence-electron chi connectivity index (χ0n) is 16.3. The number of hydrogen-bond acceptors (Lipinski definition) is 7. The van der Waals surface area contributed by atoms with Gasteiger partial charge in [-0.3, -0.25) is 4.79 Å². The molecular weight excluding hydrogens is 372 g/mol. The van der Waals surface area contributed by atoms with Crippen molar-refractivity contribution in [3.05, 3.63) is 59.5 Å². The molecule has 1 amide bonds. The molecule has 8 nitrogen and oxygen atoms in total. The lowest BCUT2D eigenvalue weighted by atomic mass is 10.2. The molecule has 1 aliphatic heterocycles. The molecule has 2 N–H and O–H groups in total. The Labute approximate surface area is 167 Å². The number of aromatic nitrogens is 2. The third kappa shape index (κ3) is 4.06. The van der Waals surface area contributed by atoms with Gasteiger partial charge in [0.25, 0.3) is 5.91 Å². The van der Waals surface area contributed by atoms with Gasteiger partial charge < -0.3 is 24.8 Å². The van der Waals surface area contributed by atoms with Crippen molar-refractivity contribution in [1.29, 1.82) is 0 Å². The molecule has 0 aliphatic carbocycles. The highest BCUT2D eigenvalue weighted by atomic mass is 16.7. The first-order valence-electron chi connectivity index (χ1n) is 9.00. The van der Waals surface area contributed by atoms with E-state index in [4.69, 9.17) is 14.2 Å². The zero-order chi connectivity index (χ0) is 20.4. The van der Waals surface area contributed by atoms with Crippen molar-refractivity contribution in [2.24, 2.45) is 0 Å². The van der Waals surface area contributed by atoms with E-state index in [1.165, 1.54) is 0 Å². The van der Waals surface area contributed by atoms with Gasteiger partial charge in [0.1, 0.15) is 23.1 Å². The summed E-state index contributed by atoms with van der Waals surface area (Å²) < 4.78 is 16.0. The van der Waals surface area contributed by atoms with Crippen molar-refractivity contribution in [2.75, 3.05) is 24.5 Å². The standard InChI is InChI=1S/C21H20N4O4/c1-12-4-6-17(27-3)15(8-12)25-20-10-16(22-13(2)23-20)21(26)24-14-5-7-18-19(9-14)29-11-28-18/h4-10H,11H2,1-3H3,(H,24,26)(H,22,23,25). The van der Waals surface area contributed by atoms with Crippen LogP contribution in [0.1, 0.15) is 21.9 Å². The van der Waals surface area contributed by atoms with Gasteiger partial charge >= 0.3 is 0 Å². The van der Waals surface area contributed by atoms with Crippen LogP contribution in [-0.4, -0.2) is 29.8 Å². The number of amides is 1. The minimum absolute atomic E-state index is 0.176. The number of nitrogens with one attached hydrogen (secondary N) is 2. The smallest absolute Gasteiger partial charge is 0.274 e. The lowest BCUT2D eigenvalue weighted by Crippen LogP contribution is -2.15. The van der Waals surface area contributed by atoms with Crippen LogP contribution >= 0.6 is 0 Å². The maximum absolute atomic E-state index is 12.7. The molecule has 0 unspecified atom stereocenters. The molecule has 8 heteroatoms. The van der Waals surface area contributed by atoms with E-state index in [9.17, 15) is 4.79 Å². The van der Waals surface area contributed by atoms with Crippen molar-refractivity contribution >= 4 is 23.1 Å². The maximum Gasteiger partial charge on any atom is 0.274 e. The van der Waals surface area contributed by atoms with Crippen LogP contribution < -0.4 is 24.8 Å². The highest BCUT2D eigenvalue weighted by Crippen LogP contribution is 2.34. The minimum Gasteiger partial charge on any atom is -0.495 e. The Morgan fingerprint density at radius 1 is 1.03 bits per heavy atom. The predicted octanol–water partition coefficient (Wildman–Crippen LogP) is 3.83. The Hall–Kier alpha value is -3.81. The maximum atomic E-state index is 12.7. The third-order valence-electron chi connectivity index (χ3n) is 4.32. The first-order chi connectivity index (χ1) is 14.0. The number of aryl methyl sites for hydroxylation is 2. The predicted molar refractivity (Wildman–Crippen MR) is 108 cm³/mol. The first kappa shape index (κ1) is 18.5. The van der Waals surface area contributed by atoms with E-state index in [0.717, 1.165) is 11.3 Å². The SMILES string of the molecule is COc1ccc(C)cc1Nc1cc(C(=O)Nc2ccc3c(c2)OCO3)nc(C)n1. The molecule has 0 spiro atoms. The van der Waals surface area contributed by atoms with Gasteiger partial charge in [0.2, 0.25) is 6.79 Å². The van der Waals surface area contributed by atoms with E-state index in [0.29, 0.717) is 34.6 Å². The largest absolute Gasteiger partial charge is 0.495 e. The Morgan fingerprint density at radius 2 is 1.86 bits per heavy atom. The van der Waals surface area contributed by atoms with Gasteiger partial charge in [-0.2, -0.15) is 0 Å². The number of fused-ring (bicyclic) bond motifs is 1. The van der Waals surface area contributed by atoms with E-state index < -0.39 is 0 Å². The van der Waals surface area contributed by atoms with Crippen LogP contribution in [0.4, 0.5) is 17.2 Å². The summed E-state index contributed by atoms with van der Waals surface area (Å²) in [5, 5.41) is 6.03. The average molecular weight is 392 g/mol. The van der Waals surface area contributed by atoms with E-state index in [1.807, 2.05) is 25.1 Å². The summed E-state index contributed by atoms with van der Waals surface area (Å²) in [5.41, 5.74) is 2.65. The fourth-order valence-electron chi connectivity index (χ4n) is 2.97. The molecule has 0 bridgehead atoms. The summed E-state index contributed by atoms with van der Waals surface area (Å²) >= 11 is 0. The molecule has 3 aromatic rings. The summed E-state index contributed by atoms with van der Waals surface area (Å²) in [6.45, 7) is 3.89. The van der Waals surface area contributed by atoms with Crippen molar-refractivity contribution in [3.8, 4) is 17.2 Å². The van der Waals surface area contributed by atoms with Crippen molar-refractivity contribution in [1.82, 2.24) is 9.97 Å². The fraction of sp³-hybridized carbons (Fsp3) is 0.190. The molecule has 1 aliphatic rings. The van der Waals surface area contributed by atoms with Gasteiger partial charge in [-0.05, 0) is 43.7 Å². The Balaban J connectivity index is 1.56. The topological polar surface area (TPSA) is 94.6 Å². The number of carbonyl (C=O) groups excluding carboxylic acids is 1. The second kappa shape index (κ2) is 7.67. The van der Waals surface area contributed by atoms with Crippen molar-refractivity contribution in [2.45, 2.75) is 13.8 Å². The zero-order valence-corrected chi connectivity index (χ0v) is 16.3. The van der Waals surface area contributed by atoms with Crippen LogP contribution in [0.25, 0.3) is 0 Å². The van der Waals surface area contributed by atoms with Crippen LogP contribution in [-0.2, 0) is 0 Å². The molecule has 0 saturated heterocycles. The summed E-state index contributed by atoms with van der Waals surface area (Å²) in [7, 11) is 1.60. The second-order valence-corrected chi connectivity index (χ2v) is 6.54. The van der Waals surface area contributed by atoms with E-state index in [1.54, 1.807) is 38.3 Å². The molecule has 0 saturated carbocycles. The minimum atomic E-state index is -0.353. The van der Waals surface area contributed by atoms with Gasteiger partial charge in [0.05, 0.1) is 12.8 Å². The molecule has 29 heavy (non-hydrogen) atoms. The monoisotopic (exact) mass is 392 g/mol. The third-order valence-corrected chi connectivity index (χ3v) is 4.32. The summed E-state index contributed by atoms with van der Waals surface area (Å²) in [4.78, 5) is 21.4. The number of methoxy groups -OCH3 is 1. The lowest BCUT2D eigenvalue weighted by molar-refractivity contribution is 0.102. The normalized spacial score (nSPS) is 11.8.